The molecule has 1 aliphatic heterocycles. The zero-order valence-electron chi connectivity index (χ0n) is 16.3. The summed E-state index contributed by atoms with van der Waals surface area (Å²) in [6.45, 7) is 7.13. The summed E-state index contributed by atoms with van der Waals surface area (Å²) in [5.41, 5.74) is 4.65. The lowest BCUT2D eigenvalue weighted by Crippen LogP contribution is -2.45. The van der Waals surface area contributed by atoms with Gasteiger partial charge in [-0.3, -0.25) is 4.79 Å². The van der Waals surface area contributed by atoms with Gasteiger partial charge in [-0.1, -0.05) is 25.1 Å². The lowest BCUT2D eigenvalue weighted by molar-refractivity contribution is 0.0950. The number of hydrogen-bond donors (Lipinski definition) is 1. The smallest absolute Gasteiger partial charge is 0.252 e. The van der Waals surface area contributed by atoms with Crippen molar-refractivity contribution in [3.8, 4) is 0 Å². The molecule has 1 aromatic heterocycles. The first-order valence-corrected chi connectivity index (χ1v) is 10.9. The molecule has 1 saturated heterocycles. The summed E-state index contributed by atoms with van der Waals surface area (Å²) in [6, 6.07) is 8.48. The fourth-order valence-corrected chi connectivity index (χ4v) is 5.40. The molecule has 2 heterocycles. The monoisotopic (exact) mass is 383 g/mol. The van der Waals surface area contributed by atoms with E-state index in [1.54, 1.807) is 11.3 Å². The number of para-hydroxylation sites is 1. The van der Waals surface area contributed by atoms with Crippen molar-refractivity contribution in [2.45, 2.75) is 32.7 Å². The highest BCUT2D eigenvalue weighted by Gasteiger charge is 2.23. The number of hydrogen-bond acceptors (Lipinski definition) is 4. The van der Waals surface area contributed by atoms with Crippen LogP contribution in [0.25, 0.3) is 0 Å². The minimum atomic E-state index is 0.0789. The second-order valence-electron chi connectivity index (χ2n) is 8.00. The van der Waals surface area contributed by atoms with Crippen LogP contribution in [0.15, 0.2) is 29.6 Å². The lowest BCUT2D eigenvalue weighted by Gasteiger charge is -2.35. The number of rotatable bonds is 4. The van der Waals surface area contributed by atoms with Crippen LogP contribution in [-0.2, 0) is 19.4 Å². The van der Waals surface area contributed by atoms with Crippen LogP contribution < -0.4 is 10.2 Å². The number of nitrogens with zero attached hydrogens (tertiary/aromatic N) is 2. The van der Waals surface area contributed by atoms with E-state index in [-0.39, 0.29) is 5.91 Å². The molecule has 1 fully saturated rings. The van der Waals surface area contributed by atoms with Crippen LogP contribution in [0.1, 0.15) is 39.7 Å². The number of benzene rings is 1. The first kappa shape index (κ1) is 18.5. The Bertz CT molecular complexity index is 808. The normalized spacial score (nSPS) is 20.4. The van der Waals surface area contributed by atoms with Crippen molar-refractivity contribution in [3.05, 3.63) is 51.2 Å². The molecular weight excluding hydrogens is 354 g/mol. The second kappa shape index (κ2) is 8.03. The number of nitrogens with one attached hydrogen (secondary N) is 1. The average molecular weight is 384 g/mol. The first-order valence-electron chi connectivity index (χ1n) is 10.0. The molecule has 4 nitrogen and oxygen atoms in total. The third kappa shape index (κ3) is 4.04. The van der Waals surface area contributed by atoms with Gasteiger partial charge in [0, 0.05) is 48.7 Å². The van der Waals surface area contributed by atoms with Crippen LogP contribution in [-0.4, -0.2) is 44.0 Å². The predicted molar refractivity (Wildman–Crippen MR) is 113 cm³/mol. The molecule has 2 aromatic rings. The molecule has 1 aliphatic carbocycles. The Morgan fingerprint density at radius 1 is 1.22 bits per heavy atom. The lowest BCUT2D eigenvalue weighted by atomic mass is 9.88. The highest BCUT2D eigenvalue weighted by molar-refractivity contribution is 7.10. The fraction of sp³-hybridized carbons (Fsp3) is 0.500. The summed E-state index contributed by atoms with van der Waals surface area (Å²) in [5, 5.41) is 5.24. The SMILES string of the molecule is CC1CCc2c(C(=O)NCc3ccccc3N3CCN(C)CC3)csc2C1. The summed E-state index contributed by atoms with van der Waals surface area (Å²) >= 11 is 1.76. The van der Waals surface area contributed by atoms with E-state index in [0.717, 1.165) is 50.5 Å². The van der Waals surface area contributed by atoms with Crippen LogP contribution in [0.5, 0.6) is 0 Å². The van der Waals surface area contributed by atoms with Gasteiger partial charge < -0.3 is 15.1 Å². The Morgan fingerprint density at radius 2 is 2.00 bits per heavy atom. The maximum absolute atomic E-state index is 12.8. The predicted octanol–water partition coefficient (Wildman–Crippen LogP) is 3.55. The van der Waals surface area contributed by atoms with Crippen molar-refractivity contribution in [1.29, 1.82) is 0 Å². The molecule has 2 aliphatic rings. The van der Waals surface area contributed by atoms with Crippen LogP contribution in [0, 0.1) is 5.92 Å². The van der Waals surface area contributed by atoms with Crippen LogP contribution >= 0.6 is 11.3 Å². The maximum Gasteiger partial charge on any atom is 0.252 e. The van der Waals surface area contributed by atoms with Gasteiger partial charge in [-0.15, -0.1) is 11.3 Å². The number of carbonyl (C=O) groups excluding carboxylic acids is 1. The molecule has 4 rings (SSSR count). The molecule has 1 N–H and O–H groups in total. The highest BCUT2D eigenvalue weighted by atomic mass is 32.1. The maximum atomic E-state index is 12.8. The van der Waals surface area contributed by atoms with E-state index < -0.39 is 0 Å². The quantitative estimate of drug-likeness (QED) is 0.877. The molecule has 0 bridgehead atoms. The number of amides is 1. The minimum Gasteiger partial charge on any atom is -0.369 e. The van der Waals surface area contributed by atoms with Gasteiger partial charge in [0.25, 0.3) is 5.91 Å². The van der Waals surface area contributed by atoms with Gasteiger partial charge in [0.1, 0.15) is 0 Å². The van der Waals surface area contributed by atoms with Gasteiger partial charge in [0.15, 0.2) is 0 Å². The van der Waals surface area contributed by atoms with E-state index in [1.165, 1.54) is 28.1 Å². The van der Waals surface area contributed by atoms with Gasteiger partial charge >= 0.3 is 0 Å². The van der Waals surface area contributed by atoms with Gasteiger partial charge in [-0.25, -0.2) is 0 Å². The summed E-state index contributed by atoms with van der Waals surface area (Å²) < 4.78 is 0. The number of piperazine rings is 1. The van der Waals surface area contributed by atoms with Crippen LogP contribution in [0.2, 0.25) is 0 Å². The van der Waals surface area contributed by atoms with E-state index in [2.05, 4.69) is 58.7 Å². The fourth-order valence-electron chi connectivity index (χ4n) is 4.15. The van der Waals surface area contributed by atoms with Crippen molar-refractivity contribution in [1.82, 2.24) is 10.2 Å². The largest absolute Gasteiger partial charge is 0.369 e. The van der Waals surface area contributed by atoms with Crippen molar-refractivity contribution >= 4 is 22.9 Å². The van der Waals surface area contributed by atoms with Gasteiger partial charge in [0.05, 0.1) is 5.56 Å². The van der Waals surface area contributed by atoms with Gasteiger partial charge in [0.2, 0.25) is 0 Å². The third-order valence-corrected chi connectivity index (χ3v) is 6.97. The van der Waals surface area contributed by atoms with E-state index in [0.29, 0.717) is 6.54 Å². The average Bonchev–Trinajstić information content (AvgIpc) is 3.10. The number of carbonyl (C=O) groups is 1. The van der Waals surface area contributed by atoms with E-state index >= 15 is 0 Å². The summed E-state index contributed by atoms with van der Waals surface area (Å²) in [4.78, 5) is 19.1. The molecule has 1 atom stereocenters. The Balaban J connectivity index is 1.44. The molecule has 1 amide bonds. The molecule has 0 saturated carbocycles. The summed E-state index contributed by atoms with van der Waals surface area (Å²) in [6.07, 6.45) is 3.36. The molecule has 1 aromatic carbocycles. The summed E-state index contributed by atoms with van der Waals surface area (Å²) in [5.74, 6) is 0.817. The zero-order valence-corrected chi connectivity index (χ0v) is 17.1. The highest BCUT2D eigenvalue weighted by Crippen LogP contribution is 2.33. The number of fused-ring (bicyclic) bond motifs is 1. The Morgan fingerprint density at radius 3 is 2.81 bits per heavy atom. The number of likely N-dealkylation sites (N-methyl/N-ethyl adjacent to an activating group) is 1. The van der Waals surface area contributed by atoms with E-state index in [4.69, 9.17) is 0 Å². The molecule has 1 unspecified atom stereocenters. The Hall–Kier alpha value is -1.85. The molecule has 0 spiro atoms. The van der Waals surface area contributed by atoms with Gasteiger partial charge in [-0.2, -0.15) is 0 Å². The van der Waals surface area contributed by atoms with Crippen LogP contribution in [0.3, 0.4) is 0 Å². The molecular formula is C22H29N3OS. The van der Waals surface area contributed by atoms with Crippen molar-refractivity contribution < 1.29 is 4.79 Å². The van der Waals surface area contributed by atoms with Crippen LogP contribution in [0.4, 0.5) is 5.69 Å². The van der Waals surface area contributed by atoms with Crippen molar-refractivity contribution in [3.63, 3.8) is 0 Å². The zero-order chi connectivity index (χ0) is 18.8. The van der Waals surface area contributed by atoms with Crippen molar-refractivity contribution in [2.24, 2.45) is 5.92 Å². The number of thiophene rings is 1. The molecule has 144 valence electrons. The third-order valence-electron chi connectivity index (χ3n) is 5.92. The summed E-state index contributed by atoms with van der Waals surface area (Å²) in [7, 11) is 2.17. The second-order valence-corrected chi connectivity index (χ2v) is 8.96. The van der Waals surface area contributed by atoms with Gasteiger partial charge in [-0.05, 0) is 49.4 Å². The van der Waals surface area contributed by atoms with Crippen molar-refractivity contribution in [2.75, 3.05) is 38.1 Å². The van der Waals surface area contributed by atoms with E-state index in [1.807, 2.05) is 0 Å². The molecule has 5 heteroatoms. The minimum absolute atomic E-state index is 0.0789. The standard InChI is InChI=1S/C22H29N3OS/c1-16-7-8-18-19(15-27-21(18)13-16)22(26)23-14-17-5-3-4-6-20(17)25-11-9-24(2)10-12-25/h3-6,15-16H,7-14H2,1-2H3,(H,23,26). The number of anilines is 1. The van der Waals surface area contributed by atoms with E-state index in [9.17, 15) is 4.79 Å². The first-order chi connectivity index (χ1) is 13.1. The molecule has 0 radical (unpaired) electrons. The Labute approximate surface area is 166 Å². The topological polar surface area (TPSA) is 35.6 Å². The Kier molecular flexibility index (Phi) is 5.50. The molecule has 27 heavy (non-hydrogen) atoms.